The summed E-state index contributed by atoms with van der Waals surface area (Å²) in [7, 11) is 0. The average Bonchev–Trinajstić information content (AvgIpc) is 3.06. The Morgan fingerprint density at radius 1 is 0.966 bits per heavy atom. The van der Waals surface area contributed by atoms with Crippen molar-refractivity contribution in [2.45, 2.75) is 13.8 Å². The van der Waals surface area contributed by atoms with Crippen LogP contribution in [0.4, 0.5) is 0 Å². The predicted octanol–water partition coefficient (Wildman–Crippen LogP) is 2.34. The molecule has 3 heterocycles. The van der Waals surface area contributed by atoms with Gasteiger partial charge in [-0.25, -0.2) is 0 Å². The normalized spacial score (nSPS) is 12.3. The van der Waals surface area contributed by atoms with Gasteiger partial charge in [-0.05, 0) is 44.2 Å². The van der Waals surface area contributed by atoms with Gasteiger partial charge >= 0.3 is 0 Å². The second-order valence-electron chi connectivity index (χ2n) is 6.57. The summed E-state index contributed by atoms with van der Waals surface area (Å²) in [6.07, 6.45) is 1.51. The lowest BCUT2D eigenvalue weighted by molar-refractivity contribution is 0.0843. The SMILES string of the molecule is Cc1cc(C(=O)NNC(=O)c2ccccn2)c(C)n1-c1ccc2c(c1)OCCO2. The first-order valence-corrected chi connectivity index (χ1v) is 9.15. The largest absolute Gasteiger partial charge is 0.486 e. The molecular weight excluding hydrogens is 372 g/mol. The Balaban J connectivity index is 1.54. The van der Waals surface area contributed by atoms with Crippen LogP contribution in [0, 0.1) is 13.8 Å². The molecule has 0 atom stereocenters. The van der Waals surface area contributed by atoms with Gasteiger partial charge < -0.3 is 14.0 Å². The van der Waals surface area contributed by atoms with Crippen molar-refractivity contribution >= 4 is 11.8 Å². The molecule has 2 aromatic heterocycles. The standard InChI is InChI=1S/C21H20N4O4/c1-13-11-16(20(26)23-24-21(27)17-5-3-4-8-22-17)14(2)25(13)15-6-7-18-19(12-15)29-10-9-28-18/h3-8,11-12H,9-10H2,1-2H3,(H,23,26)(H,24,27). The minimum Gasteiger partial charge on any atom is -0.486 e. The van der Waals surface area contributed by atoms with Gasteiger partial charge in [0.05, 0.1) is 5.56 Å². The zero-order valence-electron chi connectivity index (χ0n) is 16.1. The Labute approximate surface area is 167 Å². The molecule has 4 rings (SSSR count). The van der Waals surface area contributed by atoms with Gasteiger partial charge in [-0.1, -0.05) is 6.07 Å². The summed E-state index contributed by atoms with van der Waals surface area (Å²) in [5.41, 5.74) is 7.98. The quantitative estimate of drug-likeness (QED) is 0.667. The highest BCUT2D eigenvalue weighted by Gasteiger charge is 2.19. The van der Waals surface area contributed by atoms with Crippen molar-refractivity contribution < 1.29 is 19.1 Å². The monoisotopic (exact) mass is 392 g/mol. The number of hydrogen-bond acceptors (Lipinski definition) is 5. The van der Waals surface area contributed by atoms with Gasteiger partial charge in [0, 0.05) is 29.3 Å². The van der Waals surface area contributed by atoms with Crippen LogP contribution in [-0.2, 0) is 0 Å². The number of carbonyl (C=O) groups is 2. The van der Waals surface area contributed by atoms with Crippen molar-refractivity contribution in [2.75, 3.05) is 13.2 Å². The van der Waals surface area contributed by atoms with E-state index < -0.39 is 11.8 Å². The molecule has 2 amide bonds. The number of rotatable bonds is 3. The van der Waals surface area contributed by atoms with E-state index in [9.17, 15) is 9.59 Å². The number of fused-ring (bicyclic) bond motifs is 1. The predicted molar refractivity (Wildman–Crippen MR) is 105 cm³/mol. The molecule has 0 bridgehead atoms. The third-order valence-electron chi connectivity index (χ3n) is 4.65. The molecule has 0 saturated heterocycles. The first-order chi connectivity index (χ1) is 14.0. The van der Waals surface area contributed by atoms with E-state index in [2.05, 4.69) is 15.8 Å². The topological polar surface area (TPSA) is 94.5 Å². The number of aryl methyl sites for hydroxylation is 1. The molecule has 148 valence electrons. The third kappa shape index (κ3) is 3.64. The van der Waals surface area contributed by atoms with E-state index in [0.29, 0.717) is 30.3 Å². The molecule has 0 spiro atoms. The fourth-order valence-corrected chi connectivity index (χ4v) is 3.30. The summed E-state index contributed by atoms with van der Waals surface area (Å²) in [6.45, 7) is 4.79. The molecule has 0 radical (unpaired) electrons. The lowest BCUT2D eigenvalue weighted by Gasteiger charge is -2.20. The number of nitrogens with zero attached hydrogens (tertiary/aromatic N) is 2. The molecule has 8 heteroatoms. The average molecular weight is 392 g/mol. The van der Waals surface area contributed by atoms with Gasteiger partial charge in [-0.2, -0.15) is 0 Å². The summed E-state index contributed by atoms with van der Waals surface area (Å²) in [4.78, 5) is 28.7. The van der Waals surface area contributed by atoms with Crippen LogP contribution in [0.2, 0.25) is 0 Å². The van der Waals surface area contributed by atoms with Crippen molar-refractivity contribution in [3.8, 4) is 17.2 Å². The van der Waals surface area contributed by atoms with Gasteiger partial charge in [0.1, 0.15) is 18.9 Å². The lowest BCUT2D eigenvalue weighted by atomic mass is 10.2. The van der Waals surface area contributed by atoms with Gasteiger partial charge in [0.25, 0.3) is 11.8 Å². The summed E-state index contributed by atoms with van der Waals surface area (Å²) < 4.78 is 13.2. The lowest BCUT2D eigenvalue weighted by Crippen LogP contribution is -2.42. The molecule has 1 aliphatic rings. The van der Waals surface area contributed by atoms with E-state index in [-0.39, 0.29) is 5.69 Å². The summed E-state index contributed by atoms with van der Waals surface area (Å²) in [5.74, 6) is 0.485. The molecule has 3 aromatic rings. The van der Waals surface area contributed by atoms with Crippen LogP contribution in [0.5, 0.6) is 11.5 Å². The molecule has 1 aliphatic heterocycles. The smallest absolute Gasteiger partial charge is 0.288 e. The Morgan fingerprint density at radius 3 is 2.48 bits per heavy atom. The molecule has 1 aromatic carbocycles. The van der Waals surface area contributed by atoms with Crippen LogP contribution in [0.15, 0.2) is 48.7 Å². The van der Waals surface area contributed by atoms with Crippen LogP contribution in [0.3, 0.4) is 0 Å². The Kier molecular flexibility index (Phi) is 4.90. The minimum absolute atomic E-state index is 0.217. The highest BCUT2D eigenvalue weighted by Crippen LogP contribution is 2.33. The van der Waals surface area contributed by atoms with Crippen molar-refractivity contribution in [3.05, 3.63) is 71.3 Å². The fourth-order valence-electron chi connectivity index (χ4n) is 3.30. The number of hydrazine groups is 1. The Morgan fingerprint density at radius 2 is 1.72 bits per heavy atom. The van der Waals surface area contributed by atoms with Gasteiger partial charge in [0.2, 0.25) is 0 Å². The second-order valence-corrected chi connectivity index (χ2v) is 6.57. The van der Waals surface area contributed by atoms with Gasteiger partial charge in [0.15, 0.2) is 11.5 Å². The molecule has 29 heavy (non-hydrogen) atoms. The van der Waals surface area contributed by atoms with E-state index in [4.69, 9.17) is 9.47 Å². The van der Waals surface area contributed by atoms with Crippen LogP contribution in [0.1, 0.15) is 32.2 Å². The molecular formula is C21H20N4O4. The Hall–Kier alpha value is -3.81. The van der Waals surface area contributed by atoms with Gasteiger partial charge in [-0.3, -0.25) is 25.4 Å². The number of benzene rings is 1. The maximum absolute atomic E-state index is 12.6. The van der Waals surface area contributed by atoms with E-state index in [1.54, 1.807) is 24.3 Å². The van der Waals surface area contributed by atoms with E-state index in [1.807, 2.05) is 36.6 Å². The maximum atomic E-state index is 12.6. The summed E-state index contributed by atoms with van der Waals surface area (Å²) in [5, 5.41) is 0. The number of pyridine rings is 1. The number of amides is 2. The first-order valence-electron chi connectivity index (χ1n) is 9.15. The number of hydrogen-bond donors (Lipinski definition) is 2. The van der Waals surface area contributed by atoms with Crippen LogP contribution in [-0.4, -0.2) is 34.6 Å². The van der Waals surface area contributed by atoms with Crippen LogP contribution < -0.4 is 20.3 Å². The van der Waals surface area contributed by atoms with Crippen LogP contribution in [0.25, 0.3) is 5.69 Å². The van der Waals surface area contributed by atoms with E-state index in [1.165, 1.54) is 6.20 Å². The number of nitrogens with one attached hydrogen (secondary N) is 2. The molecule has 0 unspecified atom stereocenters. The highest BCUT2D eigenvalue weighted by atomic mass is 16.6. The summed E-state index contributed by atoms with van der Waals surface area (Å²) in [6, 6.07) is 12.4. The van der Waals surface area contributed by atoms with E-state index in [0.717, 1.165) is 17.1 Å². The van der Waals surface area contributed by atoms with Crippen molar-refractivity contribution in [3.63, 3.8) is 0 Å². The zero-order valence-corrected chi connectivity index (χ0v) is 16.1. The fraction of sp³-hybridized carbons (Fsp3) is 0.190. The van der Waals surface area contributed by atoms with Crippen molar-refractivity contribution in [2.24, 2.45) is 0 Å². The molecule has 0 saturated carbocycles. The number of aromatic nitrogens is 2. The number of carbonyl (C=O) groups excluding carboxylic acids is 2. The second kappa shape index (κ2) is 7.67. The van der Waals surface area contributed by atoms with E-state index >= 15 is 0 Å². The molecule has 2 N–H and O–H groups in total. The summed E-state index contributed by atoms with van der Waals surface area (Å²) >= 11 is 0. The highest BCUT2D eigenvalue weighted by molar-refractivity contribution is 5.99. The first kappa shape index (κ1) is 18.5. The molecule has 8 nitrogen and oxygen atoms in total. The van der Waals surface area contributed by atoms with Crippen LogP contribution >= 0.6 is 0 Å². The minimum atomic E-state index is -0.486. The molecule has 0 fully saturated rings. The van der Waals surface area contributed by atoms with Crippen molar-refractivity contribution in [1.82, 2.24) is 20.4 Å². The van der Waals surface area contributed by atoms with Gasteiger partial charge in [-0.15, -0.1) is 0 Å². The third-order valence-corrected chi connectivity index (χ3v) is 4.65. The Bertz CT molecular complexity index is 1080. The number of ether oxygens (including phenoxy) is 2. The zero-order chi connectivity index (χ0) is 20.4. The maximum Gasteiger partial charge on any atom is 0.288 e. The molecule has 0 aliphatic carbocycles. The van der Waals surface area contributed by atoms with Crippen molar-refractivity contribution in [1.29, 1.82) is 0 Å².